The fourth-order valence-electron chi connectivity index (χ4n) is 3.78. The van der Waals surface area contributed by atoms with Gasteiger partial charge in [0.15, 0.2) is 0 Å². The summed E-state index contributed by atoms with van der Waals surface area (Å²) in [6, 6.07) is 14.0. The number of benzene rings is 1. The molecule has 1 aliphatic heterocycles. The van der Waals surface area contributed by atoms with Gasteiger partial charge >= 0.3 is 0 Å². The lowest BCUT2D eigenvalue weighted by Crippen LogP contribution is -2.39. The van der Waals surface area contributed by atoms with Gasteiger partial charge in [0, 0.05) is 50.0 Å². The lowest BCUT2D eigenvalue weighted by atomic mass is 9.96. The molecule has 0 saturated carbocycles. The molecule has 1 fully saturated rings. The molecule has 1 aromatic carbocycles. The molecule has 4 rings (SSSR count). The van der Waals surface area contributed by atoms with Gasteiger partial charge in [-0.3, -0.25) is 4.79 Å². The van der Waals surface area contributed by atoms with E-state index in [2.05, 4.69) is 11.4 Å². The Bertz CT molecular complexity index is 983. The van der Waals surface area contributed by atoms with Gasteiger partial charge < -0.3 is 9.80 Å². The summed E-state index contributed by atoms with van der Waals surface area (Å²) >= 11 is 1.69. The second-order valence-electron chi connectivity index (χ2n) is 7.76. The topological polar surface area (TPSA) is 49.3 Å². The van der Waals surface area contributed by atoms with Crippen molar-refractivity contribution in [3.63, 3.8) is 0 Å². The Kier molecular flexibility index (Phi) is 5.62. The number of thiophene rings is 1. The fourth-order valence-corrected chi connectivity index (χ4v) is 4.47. The molecule has 150 valence electrons. The Labute approximate surface area is 176 Å². The molecular weight excluding hydrogens is 380 g/mol. The standard InChI is InChI=1S/C23H26N4OS/c1-16-14-20(21-7-5-13-29-21)25-22(24-16)18-6-4-12-27(15-18)23(28)17-8-10-19(11-9-17)26(2)3/h5,7-11,13-14,18H,4,6,12,15H2,1-3H3. The summed E-state index contributed by atoms with van der Waals surface area (Å²) < 4.78 is 0. The molecule has 1 atom stereocenters. The quantitative estimate of drug-likeness (QED) is 0.635. The van der Waals surface area contributed by atoms with Crippen molar-refractivity contribution in [2.75, 3.05) is 32.1 Å². The third kappa shape index (κ3) is 4.32. The molecule has 6 heteroatoms. The molecule has 5 nitrogen and oxygen atoms in total. The van der Waals surface area contributed by atoms with Crippen LogP contribution in [0.2, 0.25) is 0 Å². The molecule has 0 aliphatic carbocycles. The van der Waals surface area contributed by atoms with E-state index >= 15 is 0 Å². The van der Waals surface area contributed by atoms with Gasteiger partial charge in [0.2, 0.25) is 0 Å². The van der Waals surface area contributed by atoms with Crippen LogP contribution in [-0.4, -0.2) is 48.0 Å². The number of piperidine rings is 1. The zero-order chi connectivity index (χ0) is 20.4. The Morgan fingerprint density at radius 1 is 1.17 bits per heavy atom. The van der Waals surface area contributed by atoms with Gasteiger partial charge in [-0.2, -0.15) is 0 Å². The van der Waals surface area contributed by atoms with Crippen LogP contribution in [-0.2, 0) is 0 Å². The first-order chi connectivity index (χ1) is 14.0. The summed E-state index contributed by atoms with van der Waals surface area (Å²) in [6.45, 7) is 3.47. The largest absolute Gasteiger partial charge is 0.378 e. The van der Waals surface area contributed by atoms with Crippen molar-refractivity contribution >= 4 is 22.9 Å². The molecule has 1 unspecified atom stereocenters. The number of amides is 1. The highest BCUT2D eigenvalue weighted by atomic mass is 32.1. The highest BCUT2D eigenvalue weighted by Crippen LogP contribution is 2.29. The second kappa shape index (κ2) is 8.33. The van der Waals surface area contributed by atoms with E-state index in [-0.39, 0.29) is 11.8 Å². The molecule has 0 spiro atoms. The molecule has 1 saturated heterocycles. The van der Waals surface area contributed by atoms with Crippen LogP contribution in [0.15, 0.2) is 47.8 Å². The minimum Gasteiger partial charge on any atom is -0.378 e. The van der Waals surface area contributed by atoms with Crippen LogP contribution < -0.4 is 4.90 Å². The number of anilines is 1. The van der Waals surface area contributed by atoms with Crippen LogP contribution >= 0.6 is 11.3 Å². The normalized spacial score (nSPS) is 16.7. The van der Waals surface area contributed by atoms with E-state index in [0.29, 0.717) is 6.54 Å². The average Bonchev–Trinajstić information content (AvgIpc) is 3.28. The van der Waals surface area contributed by atoms with Crippen molar-refractivity contribution in [1.29, 1.82) is 0 Å². The van der Waals surface area contributed by atoms with Crippen molar-refractivity contribution < 1.29 is 4.79 Å². The Balaban J connectivity index is 1.53. The fraction of sp³-hybridized carbons (Fsp3) is 0.348. The van der Waals surface area contributed by atoms with Gasteiger partial charge in [-0.1, -0.05) is 6.07 Å². The maximum absolute atomic E-state index is 13.1. The van der Waals surface area contributed by atoms with E-state index in [1.54, 1.807) is 11.3 Å². The van der Waals surface area contributed by atoms with Crippen molar-refractivity contribution in [1.82, 2.24) is 14.9 Å². The lowest BCUT2D eigenvalue weighted by molar-refractivity contribution is 0.0704. The smallest absolute Gasteiger partial charge is 0.253 e. The van der Waals surface area contributed by atoms with Crippen molar-refractivity contribution in [2.45, 2.75) is 25.7 Å². The number of aromatic nitrogens is 2. The van der Waals surface area contributed by atoms with Crippen molar-refractivity contribution in [3.05, 3.63) is 64.9 Å². The van der Waals surface area contributed by atoms with E-state index < -0.39 is 0 Å². The number of nitrogens with zero attached hydrogens (tertiary/aromatic N) is 4. The number of likely N-dealkylation sites (tertiary alicyclic amines) is 1. The van der Waals surface area contributed by atoms with Crippen LogP contribution in [0.5, 0.6) is 0 Å². The Morgan fingerprint density at radius 2 is 1.97 bits per heavy atom. The Morgan fingerprint density at radius 3 is 2.66 bits per heavy atom. The molecule has 3 heterocycles. The number of carbonyl (C=O) groups excluding carboxylic acids is 1. The number of carbonyl (C=O) groups is 1. The number of aryl methyl sites for hydroxylation is 1. The summed E-state index contributed by atoms with van der Waals surface area (Å²) in [7, 11) is 4.00. The van der Waals surface area contributed by atoms with E-state index in [0.717, 1.165) is 52.7 Å². The molecule has 1 amide bonds. The molecule has 2 aromatic heterocycles. The van der Waals surface area contributed by atoms with E-state index in [1.165, 1.54) is 0 Å². The van der Waals surface area contributed by atoms with Crippen molar-refractivity contribution in [3.8, 4) is 10.6 Å². The molecule has 0 radical (unpaired) electrons. The van der Waals surface area contributed by atoms with Gasteiger partial charge in [0.05, 0.1) is 10.6 Å². The van der Waals surface area contributed by atoms with Crippen LogP contribution in [0.1, 0.15) is 40.6 Å². The molecule has 0 bridgehead atoms. The first-order valence-electron chi connectivity index (χ1n) is 9.97. The molecule has 29 heavy (non-hydrogen) atoms. The molecule has 3 aromatic rings. The minimum atomic E-state index is 0.0890. The van der Waals surface area contributed by atoms with E-state index in [9.17, 15) is 4.79 Å². The maximum atomic E-state index is 13.1. The van der Waals surface area contributed by atoms with Gasteiger partial charge in [-0.05, 0) is 61.5 Å². The number of hydrogen-bond acceptors (Lipinski definition) is 5. The SMILES string of the molecule is Cc1cc(-c2cccs2)nc(C2CCCN(C(=O)c3ccc(N(C)C)cc3)C2)n1. The zero-order valence-corrected chi connectivity index (χ0v) is 17.9. The van der Waals surface area contributed by atoms with Gasteiger partial charge in [0.1, 0.15) is 5.82 Å². The van der Waals surface area contributed by atoms with Crippen LogP contribution in [0.25, 0.3) is 10.6 Å². The summed E-state index contributed by atoms with van der Waals surface area (Å²) in [4.78, 5) is 27.8. The van der Waals surface area contributed by atoms with E-state index in [1.807, 2.05) is 67.2 Å². The predicted octanol–water partition coefficient (Wildman–Crippen LogP) is 4.60. The van der Waals surface area contributed by atoms with Crippen LogP contribution in [0.3, 0.4) is 0 Å². The number of hydrogen-bond donors (Lipinski definition) is 0. The predicted molar refractivity (Wildman–Crippen MR) is 119 cm³/mol. The number of rotatable bonds is 4. The highest BCUT2D eigenvalue weighted by molar-refractivity contribution is 7.13. The summed E-state index contributed by atoms with van der Waals surface area (Å²) in [5.41, 5.74) is 3.78. The molecule has 0 N–H and O–H groups in total. The lowest BCUT2D eigenvalue weighted by Gasteiger charge is -2.32. The third-order valence-corrected chi connectivity index (χ3v) is 6.24. The van der Waals surface area contributed by atoms with Gasteiger partial charge in [-0.25, -0.2) is 9.97 Å². The van der Waals surface area contributed by atoms with Crippen LogP contribution in [0, 0.1) is 6.92 Å². The summed E-state index contributed by atoms with van der Waals surface area (Å²) in [5.74, 6) is 1.12. The summed E-state index contributed by atoms with van der Waals surface area (Å²) in [6.07, 6.45) is 1.98. The van der Waals surface area contributed by atoms with Gasteiger partial charge in [0.25, 0.3) is 5.91 Å². The van der Waals surface area contributed by atoms with Crippen molar-refractivity contribution in [2.24, 2.45) is 0 Å². The summed E-state index contributed by atoms with van der Waals surface area (Å²) in [5, 5.41) is 2.06. The van der Waals surface area contributed by atoms with Gasteiger partial charge in [-0.15, -0.1) is 11.3 Å². The molecule has 1 aliphatic rings. The zero-order valence-electron chi connectivity index (χ0n) is 17.1. The first kappa shape index (κ1) is 19.6. The Hall–Kier alpha value is -2.73. The highest BCUT2D eigenvalue weighted by Gasteiger charge is 2.27. The monoisotopic (exact) mass is 406 g/mol. The molecular formula is C23H26N4OS. The average molecular weight is 407 g/mol. The first-order valence-corrected chi connectivity index (χ1v) is 10.9. The van der Waals surface area contributed by atoms with E-state index in [4.69, 9.17) is 9.97 Å². The third-order valence-electron chi connectivity index (χ3n) is 5.35. The van der Waals surface area contributed by atoms with Crippen LogP contribution in [0.4, 0.5) is 5.69 Å². The second-order valence-corrected chi connectivity index (χ2v) is 8.71. The minimum absolute atomic E-state index is 0.0890. The maximum Gasteiger partial charge on any atom is 0.253 e.